The summed E-state index contributed by atoms with van der Waals surface area (Å²) in [7, 11) is 2.66. The molecule has 0 saturated carbocycles. The molecule has 0 aromatic carbocycles. The molecule has 1 rings (SSSR count). The van der Waals surface area contributed by atoms with Gasteiger partial charge in [-0.3, -0.25) is 5.32 Å². The summed E-state index contributed by atoms with van der Waals surface area (Å²) in [5, 5.41) is 2.43. The Morgan fingerprint density at radius 3 is 2.35 bits per heavy atom. The molecule has 1 N–H and O–H groups in total. The third kappa shape index (κ3) is 4.75. The van der Waals surface area contributed by atoms with Gasteiger partial charge >= 0.3 is 12.1 Å². The lowest BCUT2D eigenvalue weighted by Crippen LogP contribution is -2.27. The van der Waals surface area contributed by atoms with Crippen molar-refractivity contribution < 1.29 is 23.8 Å². The zero-order chi connectivity index (χ0) is 15.3. The maximum absolute atomic E-state index is 11.6. The number of methoxy groups -OCH3 is 2. The van der Waals surface area contributed by atoms with Crippen LogP contribution in [0.5, 0.6) is 5.88 Å². The molecule has 7 heteroatoms. The summed E-state index contributed by atoms with van der Waals surface area (Å²) in [6.07, 6.45) is -0.672. The number of amides is 1. The summed E-state index contributed by atoms with van der Waals surface area (Å²) in [5.41, 5.74) is -0.417. The Morgan fingerprint density at radius 1 is 1.20 bits per heavy atom. The average Bonchev–Trinajstić information content (AvgIpc) is 2.34. The van der Waals surface area contributed by atoms with Crippen LogP contribution in [0.25, 0.3) is 0 Å². The van der Waals surface area contributed by atoms with E-state index in [0.29, 0.717) is 0 Å². The molecular formula is C13H18N2O5. The summed E-state index contributed by atoms with van der Waals surface area (Å²) in [4.78, 5) is 27.1. The van der Waals surface area contributed by atoms with Crippen molar-refractivity contribution in [2.45, 2.75) is 26.4 Å². The molecule has 110 valence electrons. The number of hydrogen-bond donors (Lipinski definition) is 1. The fraction of sp³-hybridized carbons (Fsp3) is 0.462. The fourth-order valence-electron chi connectivity index (χ4n) is 1.32. The van der Waals surface area contributed by atoms with Crippen LogP contribution in [0.4, 0.5) is 10.6 Å². The van der Waals surface area contributed by atoms with Crippen molar-refractivity contribution in [1.29, 1.82) is 0 Å². The molecule has 0 saturated heterocycles. The summed E-state index contributed by atoms with van der Waals surface area (Å²) in [6, 6.07) is 2.78. The second-order valence-corrected chi connectivity index (χ2v) is 4.90. The molecule has 0 radical (unpaired) electrons. The van der Waals surface area contributed by atoms with Crippen LogP contribution in [0.15, 0.2) is 12.1 Å². The van der Waals surface area contributed by atoms with Crippen LogP contribution in [-0.4, -0.2) is 36.9 Å². The van der Waals surface area contributed by atoms with Crippen LogP contribution in [0.2, 0.25) is 0 Å². The number of nitrogens with one attached hydrogen (secondary N) is 1. The predicted molar refractivity (Wildman–Crippen MR) is 72.0 cm³/mol. The molecule has 1 aromatic rings. The summed E-state index contributed by atoms with van der Waals surface area (Å²) in [5.74, 6) is -0.240. The number of anilines is 1. The first-order valence-corrected chi connectivity index (χ1v) is 5.89. The van der Waals surface area contributed by atoms with Crippen molar-refractivity contribution in [3.05, 3.63) is 17.7 Å². The zero-order valence-electron chi connectivity index (χ0n) is 12.1. The van der Waals surface area contributed by atoms with Crippen LogP contribution >= 0.6 is 0 Å². The van der Waals surface area contributed by atoms with Crippen molar-refractivity contribution in [2.24, 2.45) is 0 Å². The largest absolute Gasteiger partial charge is 0.481 e. The minimum atomic E-state index is -0.672. The molecule has 1 amide bonds. The molecule has 0 fully saturated rings. The molecule has 0 atom stereocenters. The summed E-state index contributed by atoms with van der Waals surface area (Å²) in [6.45, 7) is 5.22. The predicted octanol–water partition coefficient (Wildman–Crippen LogP) is 2.22. The zero-order valence-corrected chi connectivity index (χ0v) is 12.1. The van der Waals surface area contributed by atoms with Gasteiger partial charge in [-0.15, -0.1) is 0 Å². The summed E-state index contributed by atoms with van der Waals surface area (Å²) >= 11 is 0. The minimum Gasteiger partial charge on any atom is -0.481 e. The lowest BCUT2D eigenvalue weighted by molar-refractivity contribution is 0.0595. The quantitative estimate of drug-likeness (QED) is 0.855. The lowest BCUT2D eigenvalue weighted by Gasteiger charge is -2.19. The van der Waals surface area contributed by atoms with E-state index in [4.69, 9.17) is 9.47 Å². The molecule has 0 aliphatic heterocycles. The number of pyridine rings is 1. The Hall–Kier alpha value is -2.31. The second-order valence-electron chi connectivity index (χ2n) is 4.90. The van der Waals surface area contributed by atoms with Crippen LogP contribution in [0.1, 0.15) is 31.1 Å². The van der Waals surface area contributed by atoms with E-state index in [1.807, 2.05) is 0 Å². The third-order valence-corrected chi connectivity index (χ3v) is 2.06. The number of hydrogen-bond acceptors (Lipinski definition) is 6. The number of rotatable bonds is 3. The second kappa shape index (κ2) is 6.23. The van der Waals surface area contributed by atoms with Gasteiger partial charge in [0, 0.05) is 6.07 Å². The van der Waals surface area contributed by atoms with E-state index in [9.17, 15) is 9.59 Å². The lowest BCUT2D eigenvalue weighted by atomic mass is 10.2. The molecule has 0 bridgehead atoms. The normalized spacial score (nSPS) is 10.7. The van der Waals surface area contributed by atoms with E-state index in [1.54, 1.807) is 20.8 Å². The van der Waals surface area contributed by atoms with Crippen molar-refractivity contribution in [1.82, 2.24) is 4.98 Å². The number of carbonyl (C=O) groups is 2. The van der Waals surface area contributed by atoms with Crippen molar-refractivity contribution in [3.8, 4) is 5.88 Å². The van der Waals surface area contributed by atoms with E-state index < -0.39 is 17.7 Å². The number of ether oxygens (including phenoxy) is 3. The Kier molecular flexibility index (Phi) is 4.90. The third-order valence-electron chi connectivity index (χ3n) is 2.06. The average molecular weight is 282 g/mol. The topological polar surface area (TPSA) is 86.8 Å². The number of nitrogens with zero attached hydrogens (tertiary/aromatic N) is 1. The molecule has 0 unspecified atom stereocenters. The van der Waals surface area contributed by atoms with Gasteiger partial charge < -0.3 is 14.2 Å². The summed E-state index contributed by atoms with van der Waals surface area (Å²) < 4.78 is 14.7. The van der Waals surface area contributed by atoms with Crippen LogP contribution in [0.3, 0.4) is 0 Å². The van der Waals surface area contributed by atoms with Crippen molar-refractivity contribution in [2.75, 3.05) is 19.5 Å². The van der Waals surface area contributed by atoms with Gasteiger partial charge in [0.15, 0.2) is 0 Å². The highest BCUT2D eigenvalue weighted by Gasteiger charge is 2.18. The van der Waals surface area contributed by atoms with E-state index >= 15 is 0 Å². The first-order valence-electron chi connectivity index (χ1n) is 5.89. The van der Waals surface area contributed by atoms with E-state index in [1.165, 1.54) is 26.4 Å². The van der Waals surface area contributed by atoms with Crippen molar-refractivity contribution >= 4 is 17.9 Å². The number of carbonyl (C=O) groups excluding carboxylic acids is 2. The molecular weight excluding hydrogens is 264 g/mol. The van der Waals surface area contributed by atoms with Gasteiger partial charge in [-0.25, -0.2) is 9.59 Å². The van der Waals surface area contributed by atoms with Crippen LogP contribution in [0, 0.1) is 0 Å². The molecule has 1 aromatic heterocycles. The maximum atomic E-state index is 11.6. The molecule has 7 nitrogen and oxygen atoms in total. The highest BCUT2D eigenvalue weighted by atomic mass is 16.6. The number of aromatic nitrogens is 1. The first kappa shape index (κ1) is 15.7. The smallest absolute Gasteiger partial charge is 0.413 e. The monoisotopic (exact) mass is 282 g/mol. The van der Waals surface area contributed by atoms with Crippen LogP contribution < -0.4 is 10.1 Å². The van der Waals surface area contributed by atoms with E-state index in [0.717, 1.165) is 0 Å². The molecule has 0 aliphatic rings. The van der Waals surface area contributed by atoms with Gasteiger partial charge in [-0.1, -0.05) is 0 Å². The van der Waals surface area contributed by atoms with Crippen LogP contribution in [-0.2, 0) is 9.47 Å². The van der Waals surface area contributed by atoms with Gasteiger partial charge in [0.2, 0.25) is 5.88 Å². The van der Waals surface area contributed by atoms with E-state index in [2.05, 4.69) is 15.0 Å². The highest BCUT2D eigenvalue weighted by Crippen LogP contribution is 2.18. The minimum absolute atomic E-state index is 0.138. The molecule has 20 heavy (non-hydrogen) atoms. The van der Waals surface area contributed by atoms with Crippen molar-refractivity contribution in [3.63, 3.8) is 0 Å². The van der Waals surface area contributed by atoms with Gasteiger partial charge in [0.05, 0.1) is 19.8 Å². The van der Waals surface area contributed by atoms with Gasteiger partial charge in [0.25, 0.3) is 0 Å². The van der Waals surface area contributed by atoms with Gasteiger partial charge in [0.1, 0.15) is 11.4 Å². The Bertz CT molecular complexity index is 508. The Labute approximate surface area is 117 Å². The fourth-order valence-corrected chi connectivity index (χ4v) is 1.32. The first-order chi connectivity index (χ1) is 9.25. The standard InChI is InChI=1S/C13H18N2O5/c1-13(2,3)20-12(17)15-9-6-8(11(16)19-5)7-10(14-9)18-4/h6-7H,1-5H3,(H,14,15,17). The Morgan fingerprint density at radius 2 is 1.85 bits per heavy atom. The SMILES string of the molecule is COC(=O)c1cc(NC(=O)OC(C)(C)C)nc(OC)c1. The Balaban J connectivity index is 2.94. The molecule has 1 heterocycles. The van der Waals surface area contributed by atoms with Gasteiger partial charge in [-0.2, -0.15) is 4.98 Å². The highest BCUT2D eigenvalue weighted by molar-refractivity contribution is 5.92. The van der Waals surface area contributed by atoms with Gasteiger partial charge in [-0.05, 0) is 26.8 Å². The number of esters is 1. The molecule has 0 spiro atoms. The molecule has 0 aliphatic carbocycles. The maximum Gasteiger partial charge on any atom is 0.413 e. The van der Waals surface area contributed by atoms with E-state index in [-0.39, 0.29) is 17.3 Å².